The molecule has 3 nitrogen and oxygen atoms in total. The van der Waals surface area contributed by atoms with E-state index in [0.717, 1.165) is 4.48 Å². The number of hydrogen-bond acceptors (Lipinski definition) is 2. The predicted octanol–water partition coefficient (Wildman–Crippen LogP) is -0.122. The van der Waals surface area contributed by atoms with Crippen LogP contribution in [0, 0.1) is 0 Å². The van der Waals surface area contributed by atoms with Crippen molar-refractivity contribution in [1.29, 1.82) is 0 Å². The summed E-state index contributed by atoms with van der Waals surface area (Å²) in [5, 5.41) is -0.150. The van der Waals surface area contributed by atoms with Gasteiger partial charge in [0.25, 0.3) is 0 Å². The minimum Gasteiger partial charge on any atom is -0.327 e. The van der Waals surface area contributed by atoms with Gasteiger partial charge in [-0.3, -0.25) is 0 Å². The molecule has 1 fully saturated rings. The van der Waals surface area contributed by atoms with Gasteiger partial charge in [0.15, 0.2) is 9.84 Å². The highest BCUT2D eigenvalue weighted by molar-refractivity contribution is 7.93. The van der Waals surface area contributed by atoms with E-state index < -0.39 is 9.84 Å². The lowest BCUT2D eigenvalue weighted by atomic mass is 10.2. The van der Waals surface area contributed by atoms with E-state index in [1.165, 1.54) is 0 Å². The van der Waals surface area contributed by atoms with Crippen LogP contribution in [0.15, 0.2) is 0 Å². The van der Waals surface area contributed by atoms with E-state index in [4.69, 9.17) is 0 Å². The Kier molecular flexibility index (Phi) is 1.80. The van der Waals surface area contributed by atoms with Gasteiger partial charge >= 0.3 is 0 Å². The molecule has 2 atom stereocenters. The van der Waals surface area contributed by atoms with Crippen molar-refractivity contribution in [3.05, 3.63) is 0 Å². The van der Waals surface area contributed by atoms with E-state index in [1.54, 1.807) is 6.92 Å². The molecule has 0 radical (unpaired) electrons. The number of sulfone groups is 1. The Bertz CT molecular complexity index is 250. The molecule has 66 valence electrons. The van der Waals surface area contributed by atoms with Gasteiger partial charge in [-0.05, 0) is 6.92 Å². The molecule has 0 aromatic rings. The third-order valence-corrected chi connectivity index (χ3v) is 4.76. The molecular formula is C7H16NO2S+. The molecule has 1 aliphatic rings. The van der Waals surface area contributed by atoms with Gasteiger partial charge in [0, 0.05) is 0 Å². The monoisotopic (exact) mass is 178 g/mol. The normalized spacial score (nSPS) is 36.4. The SMILES string of the molecule is C[C@@H]1[C@@H]([N+](C)(C)C)CS1(=O)=O. The first-order valence-corrected chi connectivity index (χ1v) is 5.49. The maximum atomic E-state index is 11.1. The molecule has 4 heteroatoms. The molecule has 1 rings (SSSR count). The van der Waals surface area contributed by atoms with Gasteiger partial charge in [0.05, 0.1) is 21.1 Å². The highest BCUT2D eigenvalue weighted by atomic mass is 32.2. The van der Waals surface area contributed by atoms with Crippen molar-refractivity contribution >= 4 is 9.84 Å². The fourth-order valence-corrected chi connectivity index (χ4v) is 3.59. The van der Waals surface area contributed by atoms with Crippen LogP contribution >= 0.6 is 0 Å². The molecule has 0 N–H and O–H groups in total. The zero-order valence-electron chi connectivity index (χ0n) is 7.53. The van der Waals surface area contributed by atoms with Crippen molar-refractivity contribution in [2.75, 3.05) is 26.9 Å². The lowest BCUT2D eigenvalue weighted by molar-refractivity contribution is -0.894. The standard InChI is InChI=1S/C7H16NO2S/c1-6-7(8(2,3)4)5-11(6,9)10/h6-7H,5H2,1-4H3/q+1/t6-,7+/m1/s1. The Hall–Kier alpha value is -0.0900. The van der Waals surface area contributed by atoms with E-state index in [9.17, 15) is 8.42 Å². The third-order valence-electron chi connectivity index (χ3n) is 2.51. The average molecular weight is 178 g/mol. The Balaban J connectivity index is 2.74. The molecular weight excluding hydrogens is 162 g/mol. The maximum absolute atomic E-state index is 11.1. The van der Waals surface area contributed by atoms with Crippen LogP contribution in [0.5, 0.6) is 0 Å². The van der Waals surface area contributed by atoms with Crippen molar-refractivity contribution < 1.29 is 12.9 Å². The minimum absolute atomic E-state index is 0.150. The second-order valence-corrected chi connectivity index (χ2v) is 6.62. The fourth-order valence-electron chi connectivity index (χ4n) is 1.50. The number of nitrogens with zero attached hydrogens (tertiary/aromatic N) is 1. The van der Waals surface area contributed by atoms with E-state index in [1.807, 2.05) is 21.1 Å². The molecule has 0 amide bonds. The molecule has 0 spiro atoms. The lowest BCUT2D eigenvalue weighted by Crippen LogP contribution is -2.64. The summed E-state index contributed by atoms with van der Waals surface area (Å²) in [5.74, 6) is 0.359. The third kappa shape index (κ3) is 1.42. The van der Waals surface area contributed by atoms with Gasteiger partial charge in [0.2, 0.25) is 0 Å². The number of quaternary nitrogens is 1. The summed E-state index contributed by atoms with van der Waals surface area (Å²) in [5.41, 5.74) is 0. The second kappa shape index (κ2) is 2.20. The van der Waals surface area contributed by atoms with Crippen LogP contribution in [-0.2, 0) is 9.84 Å². The summed E-state index contributed by atoms with van der Waals surface area (Å²) in [6.07, 6.45) is 0. The Morgan fingerprint density at radius 2 is 1.73 bits per heavy atom. The van der Waals surface area contributed by atoms with E-state index >= 15 is 0 Å². The van der Waals surface area contributed by atoms with Gasteiger partial charge in [-0.15, -0.1) is 0 Å². The summed E-state index contributed by atoms with van der Waals surface area (Å²) in [4.78, 5) is 0. The Morgan fingerprint density at radius 1 is 1.27 bits per heavy atom. The predicted molar refractivity (Wildman–Crippen MR) is 45.1 cm³/mol. The maximum Gasteiger partial charge on any atom is 0.164 e. The van der Waals surface area contributed by atoms with Gasteiger partial charge in [-0.1, -0.05) is 0 Å². The molecule has 1 heterocycles. The van der Waals surface area contributed by atoms with Crippen LogP contribution in [-0.4, -0.2) is 51.1 Å². The van der Waals surface area contributed by atoms with E-state index in [2.05, 4.69) is 0 Å². The Labute approximate surface area is 68.5 Å². The second-order valence-electron chi connectivity index (χ2n) is 4.22. The van der Waals surface area contributed by atoms with Crippen LogP contribution in [0.2, 0.25) is 0 Å². The molecule has 0 aromatic heterocycles. The van der Waals surface area contributed by atoms with Crippen LogP contribution in [0.3, 0.4) is 0 Å². The highest BCUT2D eigenvalue weighted by Gasteiger charge is 2.50. The molecule has 0 aromatic carbocycles. The fraction of sp³-hybridized carbons (Fsp3) is 1.00. The van der Waals surface area contributed by atoms with Gasteiger partial charge < -0.3 is 4.48 Å². The van der Waals surface area contributed by atoms with Crippen molar-refractivity contribution in [1.82, 2.24) is 0 Å². The number of hydrogen-bond donors (Lipinski definition) is 0. The zero-order valence-corrected chi connectivity index (χ0v) is 8.35. The molecule has 11 heavy (non-hydrogen) atoms. The van der Waals surface area contributed by atoms with Crippen LogP contribution in [0.4, 0.5) is 0 Å². The Morgan fingerprint density at radius 3 is 1.82 bits per heavy atom. The minimum atomic E-state index is -2.71. The van der Waals surface area contributed by atoms with E-state index in [0.29, 0.717) is 11.8 Å². The quantitative estimate of drug-likeness (QED) is 0.525. The summed E-state index contributed by atoms with van der Waals surface area (Å²) < 4.78 is 22.9. The topological polar surface area (TPSA) is 34.1 Å². The first kappa shape index (κ1) is 9.00. The van der Waals surface area contributed by atoms with E-state index in [-0.39, 0.29) is 5.25 Å². The molecule has 0 bridgehead atoms. The lowest BCUT2D eigenvalue weighted by Gasteiger charge is -2.43. The van der Waals surface area contributed by atoms with Crippen molar-refractivity contribution in [2.45, 2.75) is 18.2 Å². The molecule has 1 saturated heterocycles. The van der Waals surface area contributed by atoms with Crippen LogP contribution < -0.4 is 0 Å². The first-order valence-electron chi connectivity index (χ1n) is 3.78. The van der Waals surface area contributed by atoms with Crippen molar-refractivity contribution in [2.24, 2.45) is 0 Å². The summed E-state index contributed by atoms with van der Waals surface area (Å²) in [6, 6.07) is 0.292. The van der Waals surface area contributed by atoms with Crippen molar-refractivity contribution in [3.8, 4) is 0 Å². The number of rotatable bonds is 1. The highest BCUT2D eigenvalue weighted by Crippen LogP contribution is 2.27. The van der Waals surface area contributed by atoms with Gasteiger partial charge in [-0.25, -0.2) is 8.42 Å². The smallest absolute Gasteiger partial charge is 0.164 e. The van der Waals surface area contributed by atoms with Crippen LogP contribution in [0.25, 0.3) is 0 Å². The largest absolute Gasteiger partial charge is 0.327 e. The molecule has 0 saturated carbocycles. The zero-order chi connectivity index (χ0) is 8.86. The van der Waals surface area contributed by atoms with Crippen molar-refractivity contribution in [3.63, 3.8) is 0 Å². The molecule has 1 aliphatic heterocycles. The first-order chi connectivity index (χ1) is 4.75. The summed E-state index contributed by atoms with van der Waals surface area (Å²) in [6.45, 7) is 1.80. The summed E-state index contributed by atoms with van der Waals surface area (Å²) in [7, 11) is 3.40. The van der Waals surface area contributed by atoms with Crippen LogP contribution in [0.1, 0.15) is 6.92 Å². The van der Waals surface area contributed by atoms with Gasteiger partial charge in [0.1, 0.15) is 17.0 Å². The molecule has 0 unspecified atom stereocenters. The molecule has 0 aliphatic carbocycles. The average Bonchev–Trinajstić information content (AvgIpc) is 1.80. The summed E-state index contributed by atoms with van der Waals surface area (Å²) >= 11 is 0. The van der Waals surface area contributed by atoms with Gasteiger partial charge in [-0.2, -0.15) is 0 Å².